The number of terminal acetylenes is 1. The number of likely N-dealkylation sites (N-methyl/N-ethyl adjacent to an activating group) is 1. The number of rotatable bonds is 5. The van der Waals surface area contributed by atoms with E-state index in [9.17, 15) is 4.79 Å². The van der Waals surface area contributed by atoms with Crippen LogP contribution in [0.15, 0.2) is 36.5 Å². The quantitative estimate of drug-likeness (QED) is 0.507. The van der Waals surface area contributed by atoms with Crippen LogP contribution >= 0.6 is 0 Å². The van der Waals surface area contributed by atoms with Gasteiger partial charge in [-0.05, 0) is 56.6 Å². The lowest BCUT2D eigenvalue weighted by atomic mass is 9.93. The van der Waals surface area contributed by atoms with Crippen LogP contribution in [0.5, 0.6) is 0 Å². The Kier molecular flexibility index (Phi) is 6.14. The summed E-state index contributed by atoms with van der Waals surface area (Å²) in [5, 5.41) is 9.59. The van der Waals surface area contributed by atoms with Crippen LogP contribution in [0.1, 0.15) is 24.8 Å². The first-order chi connectivity index (χ1) is 16.6. The summed E-state index contributed by atoms with van der Waals surface area (Å²) in [4.78, 5) is 30.4. The number of nitrogens with one attached hydrogen (secondary N) is 3. The van der Waals surface area contributed by atoms with Gasteiger partial charge in [-0.15, -0.1) is 6.42 Å². The number of hydrogen-bond donors (Lipinski definition) is 3. The fraction of sp³-hybridized carbons (Fsp3) is 0.360. The van der Waals surface area contributed by atoms with Gasteiger partial charge in [0.05, 0.1) is 5.39 Å². The van der Waals surface area contributed by atoms with Crippen molar-refractivity contribution < 1.29 is 4.79 Å². The summed E-state index contributed by atoms with van der Waals surface area (Å²) in [6.07, 6.45) is 10.5. The van der Waals surface area contributed by atoms with Gasteiger partial charge >= 0.3 is 6.03 Å². The van der Waals surface area contributed by atoms with E-state index < -0.39 is 0 Å². The molecule has 3 heterocycles. The number of carbonyl (C=O) groups excluding carboxylic acids is 1. The first kappa shape index (κ1) is 21.9. The minimum atomic E-state index is -0.285. The van der Waals surface area contributed by atoms with E-state index in [4.69, 9.17) is 6.42 Å². The maximum absolute atomic E-state index is 12.3. The minimum absolute atomic E-state index is 0.230. The molecule has 1 saturated carbocycles. The SMILES string of the molecule is C#Cc1cc(NC(=O)NC2CCC2)nc2nc(Nc3ccc(N4CCN(C)CC4)cc3)ncc12. The summed E-state index contributed by atoms with van der Waals surface area (Å²) >= 11 is 0. The summed E-state index contributed by atoms with van der Waals surface area (Å²) < 4.78 is 0. The summed E-state index contributed by atoms with van der Waals surface area (Å²) in [6, 6.07) is 9.85. The van der Waals surface area contributed by atoms with E-state index in [0.29, 0.717) is 28.4 Å². The van der Waals surface area contributed by atoms with Crippen molar-refractivity contribution in [2.45, 2.75) is 25.3 Å². The number of piperazine rings is 1. The Morgan fingerprint density at radius 2 is 1.88 bits per heavy atom. The van der Waals surface area contributed by atoms with Gasteiger partial charge < -0.3 is 20.4 Å². The molecule has 34 heavy (non-hydrogen) atoms. The number of carbonyl (C=O) groups is 1. The molecule has 2 aromatic heterocycles. The summed E-state index contributed by atoms with van der Waals surface area (Å²) in [7, 11) is 2.15. The molecular weight excluding hydrogens is 428 g/mol. The van der Waals surface area contributed by atoms with E-state index in [0.717, 1.165) is 51.1 Å². The zero-order valence-corrected chi connectivity index (χ0v) is 19.2. The molecule has 0 radical (unpaired) electrons. The molecule has 9 heteroatoms. The van der Waals surface area contributed by atoms with E-state index >= 15 is 0 Å². The number of hydrogen-bond acceptors (Lipinski definition) is 7. The van der Waals surface area contributed by atoms with Crippen molar-refractivity contribution in [2.75, 3.05) is 48.8 Å². The number of urea groups is 1. The maximum Gasteiger partial charge on any atom is 0.320 e. The Balaban J connectivity index is 1.31. The highest BCUT2D eigenvalue weighted by atomic mass is 16.2. The van der Waals surface area contributed by atoms with Crippen molar-refractivity contribution in [3.05, 3.63) is 42.1 Å². The zero-order valence-electron chi connectivity index (χ0n) is 19.2. The van der Waals surface area contributed by atoms with Crippen molar-refractivity contribution >= 4 is 40.2 Å². The predicted molar refractivity (Wildman–Crippen MR) is 134 cm³/mol. The highest BCUT2D eigenvalue weighted by Gasteiger charge is 2.20. The largest absolute Gasteiger partial charge is 0.369 e. The number of nitrogens with zero attached hydrogens (tertiary/aromatic N) is 5. The van der Waals surface area contributed by atoms with Crippen LogP contribution < -0.4 is 20.9 Å². The van der Waals surface area contributed by atoms with Crippen molar-refractivity contribution in [3.63, 3.8) is 0 Å². The van der Waals surface area contributed by atoms with Gasteiger partial charge in [0.1, 0.15) is 5.82 Å². The summed E-state index contributed by atoms with van der Waals surface area (Å²) in [5.74, 6) is 3.40. The third-order valence-corrected chi connectivity index (χ3v) is 6.40. The monoisotopic (exact) mass is 456 g/mol. The van der Waals surface area contributed by atoms with E-state index in [2.05, 4.69) is 65.8 Å². The average molecular weight is 457 g/mol. The van der Waals surface area contributed by atoms with Crippen molar-refractivity contribution in [2.24, 2.45) is 0 Å². The Morgan fingerprint density at radius 1 is 1.12 bits per heavy atom. The lowest BCUT2D eigenvalue weighted by Gasteiger charge is -2.34. The van der Waals surface area contributed by atoms with Crippen LogP contribution in [0.3, 0.4) is 0 Å². The van der Waals surface area contributed by atoms with E-state index in [1.807, 2.05) is 12.1 Å². The lowest BCUT2D eigenvalue weighted by molar-refractivity contribution is 0.240. The minimum Gasteiger partial charge on any atom is -0.369 e. The molecule has 1 saturated heterocycles. The Labute approximate surface area is 199 Å². The fourth-order valence-electron chi connectivity index (χ4n) is 4.09. The molecule has 0 unspecified atom stereocenters. The number of fused-ring (bicyclic) bond motifs is 1. The van der Waals surface area contributed by atoms with Crippen LogP contribution in [0.25, 0.3) is 11.0 Å². The third kappa shape index (κ3) is 4.87. The number of benzene rings is 1. The molecule has 1 aliphatic heterocycles. The number of pyridine rings is 1. The number of amides is 2. The van der Waals surface area contributed by atoms with E-state index in [1.165, 1.54) is 5.69 Å². The number of anilines is 4. The zero-order chi connectivity index (χ0) is 23.5. The number of aromatic nitrogens is 3. The van der Waals surface area contributed by atoms with Gasteiger partial charge in [0.2, 0.25) is 5.95 Å². The fourth-order valence-corrected chi connectivity index (χ4v) is 4.09. The Hall–Kier alpha value is -3.90. The van der Waals surface area contributed by atoms with Gasteiger partial charge in [0.25, 0.3) is 0 Å². The molecule has 5 rings (SSSR count). The van der Waals surface area contributed by atoms with Crippen molar-refractivity contribution in [3.8, 4) is 12.3 Å². The summed E-state index contributed by atoms with van der Waals surface area (Å²) in [5.41, 5.74) is 3.07. The summed E-state index contributed by atoms with van der Waals surface area (Å²) in [6.45, 7) is 4.18. The van der Waals surface area contributed by atoms with E-state index in [-0.39, 0.29) is 12.1 Å². The van der Waals surface area contributed by atoms with Gasteiger partial charge in [-0.2, -0.15) is 4.98 Å². The van der Waals surface area contributed by atoms with Gasteiger partial charge in [-0.1, -0.05) is 5.92 Å². The van der Waals surface area contributed by atoms with Crippen molar-refractivity contribution in [1.29, 1.82) is 0 Å². The van der Waals surface area contributed by atoms with Crippen molar-refractivity contribution in [1.82, 2.24) is 25.2 Å². The molecule has 1 aliphatic carbocycles. The van der Waals surface area contributed by atoms with Gasteiger partial charge in [0.15, 0.2) is 5.65 Å². The van der Waals surface area contributed by atoms with Crippen LogP contribution in [0, 0.1) is 12.3 Å². The topological polar surface area (TPSA) is 98.3 Å². The van der Waals surface area contributed by atoms with Crippen LogP contribution in [0.2, 0.25) is 0 Å². The first-order valence-corrected chi connectivity index (χ1v) is 11.6. The van der Waals surface area contributed by atoms with Crippen LogP contribution in [-0.2, 0) is 0 Å². The molecule has 1 aromatic carbocycles. The van der Waals surface area contributed by atoms with Gasteiger partial charge in [-0.25, -0.2) is 14.8 Å². The van der Waals surface area contributed by atoms with Gasteiger partial charge in [-0.3, -0.25) is 5.32 Å². The third-order valence-electron chi connectivity index (χ3n) is 6.40. The van der Waals surface area contributed by atoms with E-state index in [1.54, 1.807) is 12.3 Å². The molecule has 0 spiro atoms. The normalized spacial score (nSPS) is 16.5. The predicted octanol–water partition coefficient (Wildman–Crippen LogP) is 3.18. The molecule has 3 N–H and O–H groups in total. The smallest absolute Gasteiger partial charge is 0.320 e. The van der Waals surface area contributed by atoms with Crippen LogP contribution in [-0.4, -0.2) is 65.2 Å². The molecule has 3 aromatic rings. The maximum atomic E-state index is 12.3. The molecule has 2 fully saturated rings. The Morgan fingerprint density at radius 3 is 2.56 bits per heavy atom. The highest BCUT2D eigenvalue weighted by Crippen LogP contribution is 2.24. The molecule has 0 bridgehead atoms. The van der Waals surface area contributed by atoms with Gasteiger partial charge in [0, 0.05) is 55.4 Å². The molecule has 2 aliphatic rings. The molecule has 2 amide bonds. The average Bonchev–Trinajstić information content (AvgIpc) is 2.82. The van der Waals surface area contributed by atoms with Crippen LogP contribution in [0.4, 0.5) is 27.9 Å². The lowest BCUT2D eigenvalue weighted by Crippen LogP contribution is -2.44. The molecular formula is C25H28N8O. The Bertz CT molecular complexity index is 1220. The first-order valence-electron chi connectivity index (χ1n) is 11.6. The molecule has 9 nitrogen and oxygen atoms in total. The molecule has 0 atom stereocenters. The second-order valence-corrected chi connectivity index (χ2v) is 8.82. The second-order valence-electron chi connectivity index (χ2n) is 8.82. The molecule has 174 valence electrons. The standard InChI is InChI=1S/C25H28N8O/c1-3-17-15-22(30-25(34)28-18-5-4-6-18)29-23-21(17)16-26-24(31-23)27-19-7-9-20(10-8-19)33-13-11-32(2)12-14-33/h1,7-10,15-16,18H,4-6,11-14H2,2H3,(H3,26,27,28,29,30,31,34). The second kappa shape index (κ2) is 9.53. The highest BCUT2D eigenvalue weighted by molar-refractivity contribution is 5.91.